The SMILES string of the molecule is COc1ccc(S(=O)(=O)N2CC(C)OCC2C)cc1OC. The van der Waals surface area contributed by atoms with Crippen molar-refractivity contribution >= 4 is 10.0 Å². The molecular formula is C14H21NO5S. The summed E-state index contributed by atoms with van der Waals surface area (Å²) in [7, 11) is -0.592. The van der Waals surface area contributed by atoms with Gasteiger partial charge in [0, 0.05) is 18.7 Å². The number of rotatable bonds is 4. The number of hydrogen-bond acceptors (Lipinski definition) is 5. The summed E-state index contributed by atoms with van der Waals surface area (Å²) < 4.78 is 42.8. The first-order chi connectivity index (χ1) is 9.90. The number of hydrogen-bond donors (Lipinski definition) is 0. The summed E-state index contributed by atoms with van der Waals surface area (Å²) in [6.07, 6.45) is -0.115. The van der Waals surface area contributed by atoms with Crippen molar-refractivity contribution in [1.82, 2.24) is 4.31 Å². The van der Waals surface area contributed by atoms with Crippen LogP contribution in [0.4, 0.5) is 0 Å². The van der Waals surface area contributed by atoms with Gasteiger partial charge >= 0.3 is 0 Å². The molecule has 1 heterocycles. The van der Waals surface area contributed by atoms with Crippen molar-refractivity contribution in [2.45, 2.75) is 30.9 Å². The van der Waals surface area contributed by atoms with Crippen LogP contribution in [-0.4, -0.2) is 52.2 Å². The van der Waals surface area contributed by atoms with Crippen LogP contribution in [0.3, 0.4) is 0 Å². The monoisotopic (exact) mass is 315 g/mol. The summed E-state index contributed by atoms with van der Waals surface area (Å²) in [5.74, 6) is 0.896. The first kappa shape index (κ1) is 16.1. The van der Waals surface area contributed by atoms with Gasteiger partial charge in [-0.25, -0.2) is 8.42 Å². The van der Waals surface area contributed by atoms with Crippen LogP contribution in [0, 0.1) is 0 Å². The van der Waals surface area contributed by atoms with Gasteiger partial charge in [-0.2, -0.15) is 4.31 Å². The second-order valence-electron chi connectivity index (χ2n) is 5.08. The van der Waals surface area contributed by atoms with Gasteiger partial charge in [-0.3, -0.25) is 0 Å². The molecule has 0 aromatic heterocycles. The molecular weight excluding hydrogens is 294 g/mol. The molecule has 21 heavy (non-hydrogen) atoms. The molecule has 0 bridgehead atoms. The topological polar surface area (TPSA) is 65.1 Å². The lowest BCUT2D eigenvalue weighted by molar-refractivity contribution is -0.0170. The Hall–Kier alpha value is -1.31. The highest BCUT2D eigenvalue weighted by atomic mass is 32.2. The fraction of sp³-hybridized carbons (Fsp3) is 0.571. The molecule has 6 nitrogen and oxygen atoms in total. The zero-order valence-corrected chi connectivity index (χ0v) is 13.5. The van der Waals surface area contributed by atoms with Crippen molar-refractivity contribution in [2.75, 3.05) is 27.4 Å². The molecule has 0 aliphatic carbocycles. The quantitative estimate of drug-likeness (QED) is 0.842. The van der Waals surface area contributed by atoms with E-state index in [1.165, 1.54) is 30.7 Å². The van der Waals surface area contributed by atoms with E-state index in [9.17, 15) is 8.42 Å². The average Bonchev–Trinajstić information content (AvgIpc) is 2.48. The van der Waals surface area contributed by atoms with Crippen LogP contribution in [0.25, 0.3) is 0 Å². The Kier molecular flexibility index (Phi) is 4.75. The Labute approximate surface area is 125 Å². The average molecular weight is 315 g/mol. The molecule has 2 unspecified atom stereocenters. The van der Waals surface area contributed by atoms with Crippen LogP contribution in [0.15, 0.2) is 23.1 Å². The molecule has 0 radical (unpaired) electrons. The third-order valence-electron chi connectivity index (χ3n) is 3.51. The summed E-state index contributed by atoms with van der Waals surface area (Å²) in [6.45, 7) is 4.44. The molecule has 1 fully saturated rings. The van der Waals surface area contributed by atoms with Crippen LogP contribution in [0.2, 0.25) is 0 Å². The maximum absolute atomic E-state index is 12.8. The van der Waals surface area contributed by atoms with E-state index in [-0.39, 0.29) is 17.0 Å². The lowest BCUT2D eigenvalue weighted by Crippen LogP contribution is -2.50. The number of nitrogens with zero attached hydrogens (tertiary/aromatic N) is 1. The fourth-order valence-corrected chi connectivity index (χ4v) is 4.03. The van der Waals surface area contributed by atoms with Gasteiger partial charge in [0.15, 0.2) is 11.5 Å². The summed E-state index contributed by atoms with van der Waals surface area (Å²) in [5.41, 5.74) is 0. The number of morpholine rings is 1. The van der Waals surface area contributed by atoms with Crippen molar-refractivity contribution < 1.29 is 22.6 Å². The smallest absolute Gasteiger partial charge is 0.243 e. The number of benzene rings is 1. The summed E-state index contributed by atoms with van der Waals surface area (Å²) >= 11 is 0. The summed E-state index contributed by atoms with van der Waals surface area (Å²) in [4.78, 5) is 0.195. The molecule has 2 atom stereocenters. The molecule has 1 aromatic carbocycles. The lowest BCUT2D eigenvalue weighted by atomic mass is 10.2. The number of ether oxygens (including phenoxy) is 3. The van der Waals surface area contributed by atoms with E-state index in [0.29, 0.717) is 24.7 Å². The zero-order chi connectivity index (χ0) is 15.6. The Morgan fingerprint density at radius 1 is 1.19 bits per heavy atom. The maximum atomic E-state index is 12.8. The van der Waals surface area contributed by atoms with Crippen LogP contribution in [0.1, 0.15) is 13.8 Å². The first-order valence-electron chi connectivity index (χ1n) is 6.75. The molecule has 0 spiro atoms. The van der Waals surface area contributed by atoms with Crippen molar-refractivity contribution in [2.24, 2.45) is 0 Å². The van der Waals surface area contributed by atoms with Gasteiger partial charge in [-0.05, 0) is 26.0 Å². The molecule has 7 heteroatoms. The molecule has 0 N–H and O–H groups in total. The van der Waals surface area contributed by atoms with Crippen molar-refractivity contribution in [3.05, 3.63) is 18.2 Å². The van der Waals surface area contributed by atoms with Gasteiger partial charge in [-0.1, -0.05) is 0 Å². The second-order valence-corrected chi connectivity index (χ2v) is 6.98. The van der Waals surface area contributed by atoms with Gasteiger partial charge in [0.25, 0.3) is 0 Å². The minimum atomic E-state index is -3.58. The van der Waals surface area contributed by atoms with Gasteiger partial charge in [0.1, 0.15) is 0 Å². The van der Waals surface area contributed by atoms with E-state index in [4.69, 9.17) is 14.2 Å². The molecule has 1 saturated heterocycles. The minimum Gasteiger partial charge on any atom is -0.493 e. The first-order valence-corrected chi connectivity index (χ1v) is 8.19. The van der Waals surface area contributed by atoms with E-state index in [0.717, 1.165) is 0 Å². The van der Waals surface area contributed by atoms with Gasteiger partial charge in [0.2, 0.25) is 10.0 Å². The van der Waals surface area contributed by atoms with Gasteiger partial charge in [-0.15, -0.1) is 0 Å². The van der Waals surface area contributed by atoms with E-state index in [2.05, 4.69) is 0 Å². The van der Waals surface area contributed by atoms with Crippen molar-refractivity contribution in [1.29, 1.82) is 0 Å². The lowest BCUT2D eigenvalue weighted by Gasteiger charge is -2.35. The van der Waals surface area contributed by atoms with Crippen LogP contribution in [0.5, 0.6) is 11.5 Å². The van der Waals surface area contributed by atoms with Gasteiger partial charge < -0.3 is 14.2 Å². The Bertz CT molecular complexity index is 601. The fourth-order valence-electron chi connectivity index (χ4n) is 2.32. The van der Waals surface area contributed by atoms with Crippen LogP contribution < -0.4 is 9.47 Å². The maximum Gasteiger partial charge on any atom is 0.243 e. The van der Waals surface area contributed by atoms with Crippen molar-refractivity contribution in [3.63, 3.8) is 0 Å². The van der Waals surface area contributed by atoms with Gasteiger partial charge in [0.05, 0.1) is 31.8 Å². The number of sulfonamides is 1. The third kappa shape index (κ3) is 3.14. The Morgan fingerprint density at radius 3 is 2.48 bits per heavy atom. The van der Waals surface area contributed by atoms with Crippen LogP contribution >= 0.6 is 0 Å². The molecule has 118 valence electrons. The van der Waals surface area contributed by atoms with E-state index in [1.54, 1.807) is 6.07 Å². The summed E-state index contributed by atoms with van der Waals surface area (Å²) in [5, 5.41) is 0. The molecule has 2 rings (SSSR count). The van der Waals surface area contributed by atoms with Crippen molar-refractivity contribution in [3.8, 4) is 11.5 Å². The standard InChI is InChI=1S/C14H21NO5S/c1-10-9-20-11(2)8-15(10)21(16,17)12-5-6-13(18-3)14(7-12)19-4/h5-7,10-11H,8-9H2,1-4H3. The molecule has 1 aliphatic heterocycles. The zero-order valence-electron chi connectivity index (χ0n) is 12.7. The highest BCUT2D eigenvalue weighted by Crippen LogP contribution is 2.31. The summed E-state index contributed by atoms with van der Waals surface area (Å²) in [6, 6.07) is 4.42. The van der Waals surface area contributed by atoms with Crippen LogP contribution in [-0.2, 0) is 14.8 Å². The van der Waals surface area contributed by atoms with E-state index in [1.807, 2.05) is 13.8 Å². The molecule has 1 aromatic rings. The molecule has 1 aliphatic rings. The highest BCUT2D eigenvalue weighted by molar-refractivity contribution is 7.89. The van der Waals surface area contributed by atoms with E-state index < -0.39 is 10.0 Å². The molecule has 0 saturated carbocycles. The largest absolute Gasteiger partial charge is 0.493 e. The highest BCUT2D eigenvalue weighted by Gasteiger charge is 2.34. The normalized spacial score (nSPS) is 23.8. The number of methoxy groups -OCH3 is 2. The minimum absolute atomic E-state index is 0.115. The Morgan fingerprint density at radius 2 is 1.86 bits per heavy atom. The molecule has 0 amide bonds. The Balaban J connectivity index is 2.39. The second kappa shape index (κ2) is 6.21. The third-order valence-corrected chi connectivity index (χ3v) is 5.49. The predicted molar refractivity (Wildman–Crippen MR) is 78.3 cm³/mol. The predicted octanol–water partition coefficient (Wildman–Crippen LogP) is 1.50. The van der Waals surface area contributed by atoms with E-state index >= 15 is 0 Å².